The molecule has 4 nitrogen and oxygen atoms in total. The van der Waals surface area contributed by atoms with Gasteiger partial charge in [0.25, 0.3) is 0 Å². The van der Waals surface area contributed by atoms with E-state index in [-0.39, 0.29) is 5.97 Å². The van der Waals surface area contributed by atoms with E-state index in [2.05, 4.69) is 28.0 Å². The van der Waals surface area contributed by atoms with Gasteiger partial charge in [-0.25, -0.2) is 4.79 Å². The number of nitrogens with one attached hydrogen (secondary N) is 1. The molecule has 4 heteroatoms. The van der Waals surface area contributed by atoms with Crippen molar-refractivity contribution >= 4 is 5.97 Å². The number of aromatic nitrogens is 1. The summed E-state index contributed by atoms with van der Waals surface area (Å²) < 4.78 is 4.68. The molecule has 1 N–H and O–H groups in total. The first-order valence-corrected chi connectivity index (χ1v) is 7.05. The van der Waals surface area contributed by atoms with Crippen LogP contribution in [0.4, 0.5) is 0 Å². The fraction of sp³-hybridized carbons (Fsp3) is 0.294. The van der Waals surface area contributed by atoms with Gasteiger partial charge in [-0.05, 0) is 35.7 Å². The van der Waals surface area contributed by atoms with Gasteiger partial charge in [-0.15, -0.1) is 0 Å². The van der Waals surface area contributed by atoms with Gasteiger partial charge in [0.2, 0.25) is 0 Å². The highest BCUT2D eigenvalue weighted by Crippen LogP contribution is 2.08. The van der Waals surface area contributed by atoms with Gasteiger partial charge in [0.1, 0.15) is 0 Å². The molecule has 0 unspecified atom stereocenters. The summed E-state index contributed by atoms with van der Waals surface area (Å²) in [7, 11) is 1.38. The van der Waals surface area contributed by atoms with Crippen molar-refractivity contribution in [3.05, 3.63) is 65.0 Å². The molecular formula is C17H20N2O2. The summed E-state index contributed by atoms with van der Waals surface area (Å²) in [6.45, 7) is 3.61. The molecule has 0 fully saturated rings. The van der Waals surface area contributed by atoms with Gasteiger partial charge < -0.3 is 10.1 Å². The third-order valence-electron chi connectivity index (χ3n) is 3.36. The van der Waals surface area contributed by atoms with E-state index in [0.29, 0.717) is 5.56 Å². The molecule has 110 valence electrons. The Morgan fingerprint density at radius 1 is 1.19 bits per heavy atom. The second-order valence-corrected chi connectivity index (χ2v) is 4.75. The molecule has 1 heterocycles. The van der Waals surface area contributed by atoms with Crippen LogP contribution in [0.1, 0.15) is 34.1 Å². The first-order chi connectivity index (χ1) is 10.2. The Morgan fingerprint density at radius 3 is 2.62 bits per heavy atom. The number of pyridine rings is 1. The van der Waals surface area contributed by atoms with Crippen molar-refractivity contribution < 1.29 is 9.53 Å². The molecule has 0 aliphatic heterocycles. The van der Waals surface area contributed by atoms with Crippen LogP contribution in [-0.4, -0.2) is 18.1 Å². The molecule has 21 heavy (non-hydrogen) atoms. The zero-order valence-corrected chi connectivity index (χ0v) is 12.4. The highest BCUT2D eigenvalue weighted by atomic mass is 16.5. The predicted octanol–water partition coefficient (Wildman–Crippen LogP) is 2.72. The first-order valence-electron chi connectivity index (χ1n) is 7.05. The van der Waals surface area contributed by atoms with Crippen molar-refractivity contribution in [1.29, 1.82) is 0 Å². The maximum Gasteiger partial charge on any atom is 0.337 e. The Morgan fingerprint density at radius 2 is 1.95 bits per heavy atom. The molecule has 0 atom stereocenters. The number of carbonyl (C=O) groups excluding carboxylic acids is 1. The monoisotopic (exact) mass is 284 g/mol. The van der Waals surface area contributed by atoms with Gasteiger partial charge >= 0.3 is 5.97 Å². The lowest BCUT2D eigenvalue weighted by Crippen LogP contribution is -2.15. The van der Waals surface area contributed by atoms with Crippen molar-refractivity contribution in [2.75, 3.05) is 7.11 Å². The van der Waals surface area contributed by atoms with Crippen LogP contribution in [0, 0.1) is 0 Å². The van der Waals surface area contributed by atoms with Crippen molar-refractivity contribution in [2.45, 2.75) is 26.4 Å². The summed E-state index contributed by atoms with van der Waals surface area (Å²) in [5.41, 5.74) is 4.05. The van der Waals surface area contributed by atoms with Crippen LogP contribution in [0.15, 0.2) is 42.6 Å². The molecule has 0 radical (unpaired) electrons. The van der Waals surface area contributed by atoms with Gasteiger partial charge in [-0.1, -0.05) is 25.1 Å². The van der Waals surface area contributed by atoms with Gasteiger partial charge in [0, 0.05) is 19.3 Å². The number of ether oxygens (including phenoxy) is 1. The SMILES string of the molecule is CCc1cccnc1CNCc1ccc(C(=O)OC)cc1. The summed E-state index contributed by atoms with van der Waals surface area (Å²) in [5.74, 6) is -0.310. The van der Waals surface area contributed by atoms with E-state index in [1.807, 2.05) is 24.4 Å². The average Bonchev–Trinajstić information content (AvgIpc) is 2.55. The van der Waals surface area contributed by atoms with Gasteiger partial charge in [-0.2, -0.15) is 0 Å². The number of benzene rings is 1. The molecule has 0 saturated carbocycles. The minimum atomic E-state index is -0.310. The van der Waals surface area contributed by atoms with E-state index >= 15 is 0 Å². The summed E-state index contributed by atoms with van der Waals surface area (Å²) >= 11 is 0. The van der Waals surface area contributed by atoms with Gasteiger partial charge in [0.15, 0.2) is 0 Å². The number of carbonyl (C=O) groups is 1. The Hall–Kier alpha value is -2.20. The third-order valence-corrected chi connectivity index (χ3v) is 3.36. The molecule has 0 spiro atoms. The number of nitrogens with zero attached hydrogens (tertiary/aromatic N) is 1. The quantitative estimate of drug-likeness (QED) is 0.829. The second-order valence-electron chi connectivity index (χ2n) is 4.75. The van der Waals surface area contributed by atoms with Crippen LogP contribution in [0.3, 0.4) is 0 Å². The summed E-state index contributed by atoms with van der Waals surface area (Å²) in [5, 5.41) is 3.38. The van der Waals surface area contributed by atoms with Crippen LogP contribution in [0.25, 0.3) is 0 Å². The number of esters is 1. The van der Waals surface area contributed by atoms with Crippen molar-refractivity contribution in [3.63, 3.8) is 0 Å². The van der Waals surface area contributed by atoms with Crippen molar-refractivity contribution in [3.8, 4) is 0 Å². The number of aryl methyl sites for hydroxylation is 1. The standard InChI is InChI=1S/C17H20N2O2/c1-3-14-5-4-10-19-16(14)12-18-11-13-6-8-15(9-7-13)17(20)21-2/h4-10,18H,3,11-12H2,1-2H3. The zero-order chi connectivity index (χ0) is 15.1. The molecule has 0 aliphatic rings. The highest BCUT2D eigenvalue weighted by Gasteiger charge is 2.04. The minimum absolute atomic E-state index is 0.310. The fourth-order valence-electron chi connectivity index (χ4n) is 2.15. The Balaban J connectivity index is 1.90. The highest BCUT2D eigenvalue weighted by molar-refractivity contribution is 5.89. The summed E-state index contributed by atoms with van der Waals surface area (Å²) in [6.07, 6.45) is 2.81. The number of methoxy groups -OCH3 is 1. The normalized spacial score (nSPS) is 10.4. The maximum absolute atomic E-state index is 11.3. The van der Waals surface area contributed by atoms with Crippen LogP contribution in [0.2, 0.25) is 0 Å². The van der Waals surface area contributed by atoms with E-state index in [9.17, 15) is 4.79 Å². The Bertz CT molecular complexity index is 594. The van der Waals surface area contributed by atoms with E-state index in [4.69, 9.17) is 0 Å². The van der Waals surface area contributed by atoms with Gasteiger partial charge in [-0.3, -0.25) is 4.98 Å². The maximum atomic E-state index is 11.3. The molecular weight excluding hydrogens is 264 g/mol. The number of hydrogen-bond acceptors (Lipinski definition) is 4. The molecule has 1 aromatic carbocycles. The topological polar surface area (TPSA) is 51.2 Å². The number of hydrogen-bond donors (Lipinski definition) is 1. The minimum Gasteiger partial charge on any atom is -0.465 e. The Labute approximate surface area is 125 Å². The lowest BCUT2D eigenvalue weighted by Gasteiger charge is -2.08. The number of rotatable bonds is 6. The smallest absolute Gasteiger partial charge is 0.337 e. The van der Waals surface area contributed by atoms with Crippen LogP contribution in [0.5, 0.6) is 0 Å². The lowest BCUT2D eigenvalue weighted by molar-refractivity contribution is 0.0600. The molecule has 0 saturated heterocycles. The lowest BCUT2D eigenvalue weighted by atomic mass is 10.1. The van der Waals surface area contributed by atoms with Crippen molar-refractivity contribution in [1.82, 2.24) is 10.3 Å². The average molecular weight is 284 g/mol. The predicted molar refractivity (Wildman–Crippen MR) is 81.9 cm³/mol. The third kappa shape index (κ3) is 4.13. The Kier molecular flexibility index (Phi) is 5.46. The fourth-order valence-corrected chi connectivity index (χ4v) is 2.15. The van der Waals surface area contributed by atoms with Crippen LogP contribution >= 0.6 is 0 Å². The van der Waals surface area contributed by atoms with E-state index in [0.717, 1.165) is 30.8 Å². The summed E-state index contributed by atoms with van der Waals surface area (Å²) in [4.78, 5) is 15.8. The first kappa shape index (κ1) is 15.2. The van der Waals surface area contributed by atoms with Crippen LogP contribution in [-0.2, 0) is 24.2 Å². The van der Waals surface area contributed by atoms with Crippen molar-refractivity contribution in [2.24, 2.45) is 0 Å². The second kappa shape index (κ2) is 7.55. The van der Waals surface area contributed by atoms with Crippen LogP contribution < -0.4 is 5.32 Å². The van der Waals surface area contributed by atoms with E-state index < -0.39 is 0 Å². The molecule has 0 bridgehead atoms. The van der Waals surface area contributed by atoms with Gasteiger partial charge in [0.05, 0.1) is 18.4 Å². The molecule has 2 aromatic rings. The van der Waals surface area contributed by atoms with E-state index in [1.54, 1.807) is 12.1 Å². The largest absolute Gasteiger partial charge is 0.465 e. The zero-order valence-electron chi connectivity index (χ0n) is 12.4. The van der Waals surface area contributed by atoms with E-state index in [1.165, 1.54) is 12.7 Å². The molecule has 0 amide bonds. The molecule has 0 aliphatic carbocycles. The molecule has 1 aromatic heterocycles. The summed E-state index contributed by atoms with van der Waals surface area (Å²) in [6, 6.07) is 11.5. The molecule has 2 rings (SSSR count).